The average molecular weight is 259 g/mol. The summed E-state index contributed by atoms with van der Waals surface area (Å²) in [4.78, 5) is 24.1. The first-order chi connectivity index (χ1) is 8.13. The molecule has 0 saturated carbocycles. The molecule has 1 amide bonds. The molecule has 1 aliphatic heterocycles. The molecule has 1 heterocycles. The van der Waals surface area contributed by atoms with Crippen LogP contribution in [0.2, 0.25) is 0 Å². The first-order valence-electron chi connectivity index (χ1n) is 6.20. The van der Waals surface area contributed by atoms with E-state index in [-0.39, 0.29) is 11.7 Å². The van der Waals surface area contributed by atoms with Crippen molar-refractivity contribution in [1.82, 2.24) is 4.90 Å². The fourth-order valence-electron chi connectivity index (χ4n) is 2.14. The van der Waals surface area contributed by atoms with Gasteiger partial charge in [0.05, 0.1) is 11.5 Å². The van der Waals surface area contributed by atoms with Gasteiger partial charge in [0.2, 0.25) is 5.91 Å². The second-order valence-electron chi connectivity index (χ2n) is 4.47. The van der Waals surface area contributed by atoms with Gasteiger partial charge in [0.15, 0.2) is 0 Å². The SMILES string of the molecule is CCC1CCCN(C(=O)CSCC(=O)O)CC1. The van der Waals surface area contributed by atoms with E-state index in [0.717, 1.165) is 31.8 Å². The van der Waals surface area contributed by atoms with Crippen LogP contribution >= 0.6 is 11.8 Å². The maximum atomic E-state index is 11.8. The maximum absolute atomic E-state index is 11.8. The van der Waals surface area contributed by atoms with Crippen molar-refractivity contribution in [3.8, 4) is 0 Å². The van der Waals surface area contributed by atoms with E-state index in [0.29, 0.717) is 5.75 Å². The maximum Gasteiger partial charge on any atom is 0.313 e. The number of nitrogens with zero attached hydrogens (tertiary/aromatic N) is 1. The number of likely N-dealkylation sites (tertiary alicyclic amines) is 1. The van der Waals surface area contributed by atoms with Gasteiger partial charge in [-0.1, -0.05) is 13.3 Å². The van der Waals surface area contributed by atoms with Crippen LogP contribution in [0.5, 0.6) is 0 Å². The molecule has 1 saturated heterocycles. The molecule has 0 aromatic carbocycles. The third-order valence-electron chi connectivity index (χ3n) is 3.23. The summed E-state index contributed by atoms with van der Waals surface area (Å²) in [6.45, 7) is 3.87. The zero-order valence-electron chi connectivity index (χ0n) is 10.4. The van der Waals surface area contributed by atoms with Crippen molar-refractivity contribution in [2.24, 2.45) is 5.92 Å². The standard InChI is InChI=1S/C12H21NO3S/c1-2-10-4-3-6-13(7-5-10)11(14)8-17-9-12(15)16/h10H,2-9H2,1H3,(H,15,16). The Morgan fingerprint density at radius 2 is 2.06 bits per heavy atom. The molecular formula is C12H21NO3S. The first kappa shape index (κ1) is 14.4. The highest BCUT2D eigenvalue weighted by molar-refractivity contribution is 8.00. The van der Waals surface area contributed by atoms with Gasteiger partial charge >= 0.3 is 5.97 Å². The number of rotatable bonds is 5. The molecule has 0 aliphatic carbocycles. The van der Waals surface area contributed by atoms with Gasteiger partial charge in [-0.3, -0.25) is 9.59 Å². The fraction of sp³-hybridized carbons (Fsp3) is 0.833. The second-order valence-corrected chi connectivity index (χ2v) is 5.46. The van der Waals surface area contributed by atoms with E-state index in [1.165, 1.54) is 24.6 Å². The summed E-state index contributed by atoms with van der Waals surface area (Å²) in [5, 5.41) is 8.50. The van der Waals surface area contributed by atoms with E-state index in [9.17, 15) is 9.59 Å². The Bertz CT molecular complexity index is 270. The van der Waals surface area contributed by atoms with E-state index in [2.05, 4.69) is 6.92 Å². The minimum Gasteiger partial charge on any atom is -0.481 e. The summed E-state index contributed by atoms with van der Waals surface area (Å²) in [7, 11) is 0. The Balaban J connectivity index is 2.29. The van der Waals surface area contributed by atoms with Gasteiger partial charge in [-0.25, -0.2) is 0 Å². The van der Waals surface area contributed by atoms with Crippen molar-refractivity contribution >= 4 is 23.6 Å². The minimum atomic E-state index is -0.857. The van der Waals surface area contributed by atoms with E-state index < -0.39 is 5.97 Å². The predicted molar refractivity (Wildman–Crippen MR) is 69.2 cm³/mol. The molecule has 98 valence electrons. The molecule has 1 unspecified atom stereocenters. The summed E-state index contributed by atoms with van der Waals surface area (Å²) in [6, 6.07) is 0. The lowest BCUT2D eigenvalue weighted by Crippen LogP contribution is -2.33. The van der Waals surface area contributed by atoms with E-state index in [1.54, 1.807) is 0 Å². The number of thioether (sulfide) groups is 1. The van der Waals surface area contributed by atoms with Crippen LogP contribution in [-0.4, -0.2) is 46.5 Å². The topological polar surface area (TPSA) is 57.6 Å². The lowest BCUT2D eigenvalue weighted by molar-refractivity contribution is -0.133. The summed E-state index contributed by atoms with van der Waals surface area (Å²) >= 11 is 1.19. The summed E-state index contributed by atoms with van der Waals surface area (Å²) in [5.41, 5.74) is 0. The fourth-order valence-corrected chi connectivity index (χ4v) is 2.77. The summed E-state index contributed by atoms with van der Waals surface area (Å²) < 4.78 is 0. The molecule has 1 N–H and O–H groups in total. The number of amides is 1. The van der Waals surface area contributed by atoms with Crippen LogP contribution < -0.4 is 0 Å². The van der Waals surface area contributed by atoms with Crippen molar-refractivity contribution in [3.05, 3.63) is 0 Å². The van der Waals surface area contributed by atoms with Gasteiger partial charge in [0.25, 0.3) is 0 Å². The normalized spacial score (nSPS) is 21.0. The molecule has 0 radical (unpaired) electrons. The number of carboxylic acid groups (broad SMARTS) is 1. The highest BCUT2D eigenvalue weighted by Gasteiger charge is 2.19. The van der Waals surface area contributed by atoms with Crippen LogP contribution in [0.3, 0.4) is 0 Å². The molecule has 4 nitrogen and oxygen atoms in total. The Hall–Kier alpha value is -0.710. The molecule has 1 fully saturated rings. The summed E-state index contributed by atoms with van der Waals surface area (Å²) in [5.74, 6) is 0.289. The zero-order chi connectivity index (χ0) is 12.7. The second kappa shape index (κ2) is 7.58. The van der Waals surface area contributed by atoms with Crippen molar-refractivity contribution < 1.29 is 14.7 Å². The minimum absolute atomic E-state index is 0.0111. The quantitative estimate of drug-likeness (QED) is 0.818. The van der Waals surface area contributed by atoms with Gasteiger partial charge < -0.3 is 10.0 Å². The number of hydrogen-bond acceptors (Lipinski definition) is 3. The monoisotopic (exact) mass is 259 g/mol. The molecule has 0 bridgehead atoms. The van der Waals surface area contributed by atoms with Gasteiger partial charge in [-0.05, 0) is 25.2 Å². The molecule has 1 atom stereocenters. The number of aliphatic carboxylic acids is 1. The van der Waals surface area contributed by atoms with E-state index in [1.807, 2.05) is 4.90 Å². The van der Waals surface area contributed by atoms with E-state index >= 15 is 0 Å². The summed E-state index contributed by atoms with van der Waals surface area (Å²) in [6.07, 6.45) is 4.57. The number of carbonyl (C=O) groups is 2. The Kier molecular flexibility index (Phi) is 6.40. The van der Waals surface area contributed by atoms with Gasteiger partial charge in [0, 0.05) is 13.1 Å². The van der Waals surface area contributed by atoms with Crippen LogP contribution in [0.15, 0.2) is 0 Å². The smallest absolute Gasteiger partial charge is 0.313 e. The number of hydrogen-bond donors (Lipinski definition) is 1. The molecule has 17 heavy (non-hydrogen) atoms. The molecule has 5 heteroatoms. The van der Waals surface area contributed by atoms with E-state index in [4.69, 9.17) is 5.11 Å². The Morgan fingerprint density at radius 3 is 2.71 bits per heavy atom. The third kappa shape index (κ3) is 5.44. The van der Waals surface area contributed by atoms with Crippen molar-refractivity contribution in [2.75, 3.05) is 24.6 Å². The Labute approximate surface area is 107 Å². The van der Waals surface area contributed by atoms with Crippen LogP contribution in [0.1, 0.15) is 32.6 Å². The van der Waals surface area contributed by atoms with Crippen LogP contribution in [0.25, 0.3) is 0 Å². The van der Waals surface area contributed by atoms with Crippen LogP contribution in [0, 0.1) is 5.92 Å². The third-order valence-corrected chi connectivity index (χ3v) is 4.13. The predicted octanol–water partition coefficient (Wildman–Crippen LogP) is 1.84. The van der Waals surface area contributed by atoms with Crippen molar-refractivity contribution in [1.29, 1.82) is 0 Å². The van der Waals surface area contributed by atoms with Crippen LogP contribution in [-0.2, 0) is 9.59 Å². The Morgan fingerprint density at radius 1 is 1.29 bits per heavy atom. The van der Waals surface area contributed by atoms with Crippen molar-refractivity contribution in [2.45, 2.75) is 32.6 Å². The molecule has 1 rings (SSSR count). The van der Waals surface area contributed by atoms with Crippen molar-refractivity contribution in [3.63, 3.8) is 0 Å². The largest absolute Gasteiger partial charge is 0.481 e. The average Bonchev–Trinajstić information content (AvgIpc) is 2.53. The lowest BCUT2D eigenvalue weighted by Gasteiger charge is -2.20. The van der Waals surface area contributed by atoms with Gasteiger partial charge in [-0.2, -0.15) is 0 Å². The number of carboxylic acids is 1. The first-order valence-corrected chi connectivity index (χ1v) is 7.36. The zero-order valence-corrected chi connectivity index (χ0v) is 11.2. The molecule has 0 spiro atoms. The number of carbonyl (C=O) groups excluding carboxylic acids is 1. The molecule has 0 aromatic heterocycles. The molecule has 1 aliphatic rings. The van der Waals surface area contributed by atoms with Gasteiger partial charge in [0.1, 0.15) is 0 Å². The van der Waals surface area contributed by atoms with Gasteiger partial charge in [-0.15, -0.1) is 11.8 Å². The highest BCUT2D eigenvalue weighted by Crippen LogP contribution is 2.20. The lowest BCUT2D eigenvalue weighted by atomic mass is 9.98. The highest BCUT2D eigenvalue weighted by atomic mass is 32.2. The molecular weight excluding hydrogens is 238 g/mol. The van der Waals surface area contributed by atoms with Crippen LogP contribution in [0.4, 0.5) is 0 Å². The molecule has 0 aromatic rings.